The molecule has 0 saturated heterocycles. The second kappa shape index (κ2) is 9.42. The number of carbonyl (C=O) groups excluding carboxylic acids is 1. The highest BCUT2D eigenvalue weighted by Gasteiger charge is 2.19. The maximum Gasteiger partial charge on any atom is 0.339 e. The quantitative estimate of drug-likeness (QED) is 0.327. The molecule has 31 heavy (non-hydrogen) atoms. The molecule has 1 heterocycles. The minimum absolute atomic E-state index is 0.00903. The van der Waals surface area contributed by atoms with Crippen molar-refractivity contribution in [3.63, 3.8) is 0 Å². The summed E-state index contributed by atoms with van der Waals surface area (Å²) in [6.07, 6.45) is 2.88. The molecule has 0 bridgehead atoms. The Morgan fingerprint density at radius 2 is 1.94 bits per heavy atom. The summed E-state index contributed by atoms with van der Waals surface area (Å²) in [6, 6.07) is 12.4. The fourth-order valence-electron chi connectivity index (χ4n) is 2.48. The average molecular weight is 456 g/mol. The molecule has 158 valence electrons. The smallest absolute Gasteiger partial charge is 0.339 e. The molecule has 0 atom stereocenters. The number of rotatable bonds is 7. The summed E-state index contributed by atoms with van der Waals surface area (Å²) >= 11 is 1.22. The zero-order valence-corrected chi connectivity index (χ0v) is 18.2. The molecule has 1 aromatic heterocycles. The van der Waals surface area contributed by atoms with E-state index in [1.54, 1.807) is 17.5 Å². The third-order valence-corrected chi connectivity index (χ3v) is 5.96. The largest absolute Gasteiger partial charge is 0.493 e. The minimum atomic E-state index is -4.06. The van der Waals surface area contributed by atoms with Gasteiger partial charge in [-0.2, -0.15) is 13.7 Å². The summed E-state index contributed by atoms with van der Waals surface area (Å²) in [4.78, 5) is 16.2. The molecule has 0 radical (unpaired) electrons. The SMILES string of the molecule is COc1cc(/C=C(\C#N)C(=O)Nc2nccs2)ccc1OS(=O)(=O)c1ccc(C)cc1. The molecule has 0 aliphatic heterocycles. The molecule has 3 rings (SSSR count). The van der Waals surface area contributed by atoms with Gasteiger partial charge in [-0.15, -0.1) is 11.3 Å². The van der Waals surface area contributed by atoms with Crippen LogP contribution in [0.1, 0.15) is 11.1 Å². The first-order chi connectivity index (χ1) is 14.8. The van der Waals surface area contributed by atoms with Crippen molar-refractivity contribution in [2.24, 2.45) is 0 Å². The number of nitrogens with zero attached hydrogens (tertiary/aromatic N) is 2. The number of aromatic nitrogens is 1. The lowest BCUT2D eigenvalue weighted by atomic mass is 10.1. The summed E-state index contributed by atoms with van der Waals surface area (Å²) in [7, 11) is -2.71. The molecular weight excluding hydrogens is 438 g/mol. The number of thiazole rings is 1. The molecule has 2 aromatic carbocycles. The first kappa shape index (κ1) is 22.0. The number of carbonyl (C=O) groups is 1. The van der Waals surface area contributed by atoms with Crippen molar-refractivity contribution >= 4 is 38.6 Å². The Balaban J connectivity index is 1.85. The van der Waals surface area contributed by atoms with Crippen LogP contribution in [0.4, 0.5) is 5.13 Å². The normalized spacial score (nSPS) is 11.5. The standard InChI is InChI=1S/C21H17N3O5S2/c1-14-3-6-17(7-4-14)31(26,27)29-18-8-5-15(12-19(18)28-2)11-16(13-22)20(25)24-21-23-9-10-30-21/h3-12H,1-2H3,(H,23,24,25)/b16-11+. The van der Waals surface area contributed by atoms with Crippen molar-refractivity contribution in [1.29, 1.82) is 5.26 Å². The van der Waals surface area contributed by atoms with E-state index in [2.05, 4.69) is 10.3 Å². The molecule has 0 aliphatic rings. The van der Waals surface area contributed by atoms with Gasteiger partial charge in [-0.3, -0.25) is 10.1 Å². The van der Waals surface area contributed by atoms with E-state index in [0.717, 1.165) is 5.56 Å². The van der Waals surface area contributed by atoms with Gasteiger partial charge in [-0.25, -0.2) is 4.98 Å². The number of benzene rings is 2. The van der Waals surface area contributed by atoms with Crippen LogP contribution >= 0.6 is 11.3 Å². The molecule has 8 nitrogen and oxygen atoms in total. The first-order valence-corrected chi connectivity index (χ1v) is 11.1. The van der Waals surface area contributed by atoms with Gasteiger partial charge in [0.2, 0.25) is 0 Å². The lowest BCUT2D eigenvalue weighted by Gasteiger charge is -2.11. The third-order valence-electron chi connectivity index (χ3n) is 4.03. The van der Waals surface area contributed by atoms with Crippen molar-refractivity contribution in [2.45, 2.75) is 11.8 Å². The molecule has 10 heteroatoms. The van der Waals surface area contributed by atoms with Gasteiger partial charge in [0, 0.05) is 11.6 Å². The Hall–Kier alpha value is -3.68. The molecule has 1 amide bonds. The maximum atomic E-state index is 12.5. The zero-order valence-electron chi connectivity index (χ0n) is 16.5. The Morgan fingerprint density at radius 1 is 1.19 bits per heavy atom. The van der Waals surface area contributed by atoms with Gasteiger partial charge < -0.3 is 8.92 Å². The topological polar surface area (TPSA) is 118 Å². The predicted molar refractivity (Wildman–Crippen MR) is 116 cm³/mol. The summed E-state index contributed by atoms with van der Waals surface area (Å²) < 4.78 is 35.5. The van der Waals surface area contributed by atoms with Gasteiger partial charge in [0.05, 0.1) is 7.11 Å². The Kier molecular flexibility index (Phi) is 6.69. The summed E-state index contributed by atoms with van der Waals surface area (Å²) in [6.45, 7) is 1.85. The number of hydrogen-bond donors (Lipinski definition) is 1. The van der Waals surface area contributed by atoms with Crippen molar-refractivity contribution in [2.75, 3.05) is 12.4 Å². The number of nitriles is 1. The molecule has 0 spiro atoms. The van der Waals surface area contributed by atoms with Crippen LogP contribution in [0.25, 0.3) is 6.08 Å². The maximum absolute atomic E-state index is 12.5. The molecule has 0 fully saturated rings. The third kappa shape index (κ3) is 5.48. The van der Waals surface area contributed by atoms with Crippen LogP contribution in [0.15, 0.2) is 64.5 Å². The fraction of sp³-hybridized carbons (Fsp3) is 0.0952. The van der Waals surface area contributed by atoms with Crippen LogP contribution in [0.3, 0.4) is 0 Å². The molecule has 0 aliphatic carbocycles. The average Bonchev–Trinajstić information content (AvgIpc) is 3.26. The Bertz CT molecular complexity index is 1260. The lowest BCUT2D eigenvalue weighted by molar-refractivity contribution is -0.112. The number of hydrogen-bond acceptors (Lipinski definition) is 8. The Morgan fingerprint density at radius 3 is 2.55 bits per heavy atom. The van der Waals surface area contributed by atoms with E-state index in [-0.39, 0.29) is 22.0 Å². The zero-order chi connectivity index (χ0) is 22.4. The van der Waals surface area contributed by atoms with Gasteiger partial charge in [-0.05, 0) is 42.8 Å². The van der Waals surface area contributed by atoms with Crippen LogP contribution in [-0.4, -0.2) is 26.4 Å². The van der Waals surface area contributed by atoms with E-state index in [0.29, 0.717) is 10.7 Å². The summed E-state index contributed by atoms with van der Waals surface area (Å²) in [5, 5.41) is 13.9. The second-order valence-corrected chi connectivity index (χ2v) is 8.66. The van der Waals surface area contributed by atoms with Crippen molar-refractivity contribution in [3.05, 3.63) is 70.7 Å². The number of nitrogens with one attached hydrogen (secondary N) is 1. The van der Waals surface area contributed by atoms with Crippen molar-refractivity contribution in [1.82, 2.24) is 4.98 Å². The second-order valence-electron chi connectivity index (χ2n) is 6.22. The predicted octanol–water partition coefficient (Wildman–Crippen LogP) is 3.77. The molecular formula is C21H17N3O5S2. The van der Waals surface area contributed by atoms with E-state index >= 15 is 0 Å². The van der Waals surface area contributed by atoms with E-state index in [1.807, 2.05) is 13.0 Å². The van der Waals surface area contributed by atoms with Gasteiger partial charge >= 0.3 is 10.1 Å². The van der Waals surface area contributed by atoms with Crippen LogP contribution in [-0.2, 0) is 14.9 Å². The Labute approximate surface area is 183 Å². The monoisotopic (exact) mass is 455 g/mol. The lowest BCUT2D eigenvalue weighted by Crippen LogP contribution is -2.13. The number of anilines is 1. The number of methoxy groups -OCH3 is 1. The highest BCUT2D eigenvalue weighted by molar-refractivity contribution is 7.87. The van der Waals surface area contributed by atoms with Crippen molar-refractivity contribution in [3.8, 4) is 17.6 Å². The number of aryl methyl sites for hydroxylation is 1. The van der Waals surface area contributed by atoms with Gasteiger partial charge in [-0.1, -0.05) is 23.8 Å². The van der Waals surface area contributed by atoms with Gasteiger partial charge in [0.1, 0.15) is 16.5 Å². The first-order valence-electron chi connectivity index (χ1n) is 8.84. The van der Waals surface area contributed by atoms with Crippen LogP contribution < -0.4 is 14.2 Å². The van der Waals surface area contributed by atoms with Crippen LogP contribution in [0.5, 0.6) is 11.5 Å². The van der Waals surface area contributed by atoms with Crippen LogP contribution in [0, 0.1) is 18.3 Å². The van der Waals surface area contributed by atoms with E-state index < -0.39 is 16.0 Å². The van der Waals surface area contributed by atoms with Crippen LogP contribution in [0.2, 0.25) is 0 Å². The molecule has 3 aromatic rings. The van der Waals surface area contributed by atoms with Gasteiger partial charge in [0.25, 0.3) is 5.91 Å². The van der Waals surface area contributed by atoms with E-state index in [1.165, 1.54) is 61.1 Å². The molecule has 1 N–H and O–H groups in total. The number of ether oxygens (including phenoxy) is 1. The fourth-order valence-corrected chi connectivity index (χ4v) is 3.94. The van der Waals surface area contributed by atoms with E-state index in [4.69, 9.17) is 8.92 Å². The van der Waals surface area contributed by atoms with Gasteiger partial charge in [0.15, 0.2) is 16.6 Å². The molecule has 0 unspecified atom stereocenters. The number of amides is 1. The summed E-state index contributed by atoms with van der Waals surface area (Å²) in [5.41, 5.74) is 1.21. The minimum Gasteiger partial charge on any atom is -0.493 e. The van der Waals surface area contributed by atoms with E-state index in [9.17, 15) is 18.5 Å². The highest BCUT2D eigenvalue weighted by Crippen LogP contribution is 2.31. The highest BCUT2D eigenvalue weighted by atomic mass is 32.2. The van der Waals surface area contributed by atoms with Crippen molar-refractivity contribution < 1.29 is 22.1 Å². The molecule has 0 saturated carbocycles. The summed E-state index contributed by atoms with van der Waals surface area (Å²) in [5.74, 6) is -0.508.